The van der Waals surface area contributed by atoms with Crippen LogP contribution in [0.2, 0.25) is 0 Å². The molecule has 1 saturated heterocycles. The third-order valence-corrected chi connectivity index (χ3v) is 2.78. The van der Waals surface area contributed by atoms with E-state index in [0.717, 1.165) is 19.2 Å². The predicted octanol–water partition coefficient (Wildman–Crippen LogP) is 1.50. The van der Waals surface area contributed by atoms with Crippen molar-refractivity contribution in [1.29, 1.82) is 0 Å². The van der Waals surface area contributed by atoms with Crippen molar-refractivity contribution in [2.24, 2.45) is 0 Å². The van der Waals surface area contributed by atoms with Crippen LogP contribution in [0.15, 0.2) is 18.2 Å². The summed E-state index contributed by atoms with van der Waals surface area (Å²) in [5, 5.41) is 3.09. The lowest BCUT2D eigenvalue weighted by atomic mass is 9.89. The molecule has 1 aliphatic rings. The van der Waals surface area contributed by atoms with Gasteiger partial charge < -0.3 is 10.1 Å². The van der Waals surface area contributed by atoms with Gasteiger partial charge in [0, 0.05) is 32.7 Å². The molecule has 2 rings (SSSR count). The van der Waals surface area contributed by atoms with E-state index in [1.165, 1.54) is 12.1 Å². The number of halogens is 2. The van der Waals surface area contributed by atoms with Crippen LogP contribution in [0.4, 0.5) is 8.78 Å². The van der Waals surface area contributed by atoms with Gasteiger partial charge in [0.1, 0.15) is 11.6 Å². The number of ether oxygens (including phenoxy) is 1. The Labute approximate surface area is 87.2 Å². The second-order valence-corrected chi connectivity index (χ2v) is 3.95. The average molecular weight is 213 g/mol. The maximum atomic E-state index is 12.9. The van der Waals surface area contributed by atoms with Crippen LogP contribution in [0, 0.1) is 11.6 Å². The van der Waals surface area contributed by atoms with E-state index in [1.807, 2.05) is 0 Å². The second-order valence-electron chi connectivity index (χ2n) is 3.95. The highest BCUT2D eigenvalue weighted by Gasteiger charge is 2.37. The summed E-state index contributed by atoms with van der Waals surface area (Å²) in [4.78, 5) is 0. The maximum absolute atomic E-state index is 12.9. The first-order valence-corrected chi connectivity index (χ1v) is 4.84. The first-order valence-electron chi connectivity index (χ1n) is 4.84. The number of hydrogen-bond acceptors (Lipinski definition) is 2. The normalized spacial score (nSPS) is 18.6. The van der Waals surface area contributed by atoms with Crippen molar-refractivity contribution < 1.29 is 13.5 Å². The van der Waals surface area contributed by atoms with Crippen LogP contribution in [0.25, 0.3) is 0 Å². The Bertz CT molecular complexity index is 338. The molecule has 1 aliphatic heterocycles. The van der Waals surface area contributed by atoms with Gasteiger partial charge in [-0.25, -0.2) is 8.78 Å². The molecule has 0 saturated carbocycles. The Morgan fingerprint density at radius 3 is 2.27 bits per heavy atom. The molecule has 0 aromatic heterocycles. The van der Waals surface area contributed by atoms with Crippen LogP contribution >= 0.6 is 0 Å². The van der Waals surface area contributed by atoms with E-state index in [1.54, 1.807) is 7.11 Å². The molecule has 0 bridgehead atoms. The SMILES string of the molecule is COC1(Cc2cc(F)cc(F)c2)CNC1. The number of rotatable bonds is 3. The van der Waals surface area contributed by atoms with Gasteiger partial charge in [0.25, 0.3) is 0 Å². The molecule has 0 unspecified atom stereocenters. The monoisotopic (exact) mass is 213 g/mol. The molecule has 0 radical (unpaired) electrons. The minimum Gasteiger partial charge on any atom is -0.375 e. The lowest BCUT2D eigenvalue weighted by Crippen LogP contribution is -2.61. The van der Waals surface area contributed by atoms with Crippen LogP contribution < -0.4 is 5.32 Å². The van der Waals surface area contributed by atoms with Crippen LogP contribution in [0.5, 0.6) is 0 Å². The van der Waals surface area contributed by atoms with Gasteiger partial charge in [-0.1, -0.05) is 0 Å². The van der Waals surface area contributed by atoms with E-state index >= 15 is 0 Å². The first kappa shape index (κ1) is 10.5. The van der Waals surface area contributed by atoms with Crippen LogP contribution in [0.1, 0.15) is 5.56 Å². The van der Waals surface area contributed by atoms with E-state index in [-0.39, 0.29) is 5.60 Å². The van der Waals surface area contributed by atoms with Crippen molar-refractivity contribution >= 4 is 0 Å². The molecule has 1 fully saturated rings. The summed E-state index contributed by atoms with van der Waals surface area (Å²) in [5.41, 5.74) is 0.344. The molecular weight excluding hydrogens is 200 g/mol. The number of benzene rings is 1. The van der Waals surface area contributed by atoms with Crippen molar-refractivity contribution in [2.75, 3.05) is 20.2 Å². The molecule has 1 N–H and O–H groups in total. The fourth-order valence-corrected chi connectivity index (χ4v) is 1.83. The molecule has 82 valence electrons. The molecular formula is C11H13F2NO. The summed E-state index contributed by atoms with van der Waals surface area (Å²) in [7, 11) is 1.62. The second kappa shape index (κ2) is 3.87. The first-order chi connectivity index (χ1) is 7.13. The van der Waals surface area contributed by atoms with Gasteiger partial charge in [0.15, 0.2) is 0 Å². The summed E-state index contributed by atoms with van der Waals surface area (Å²) in [6.07, 6.45) is 0.533. The molecule has 1 aromatic rings. The van der Waals surface area contributed by atoms with Crippen molar-refractivity contribution in [3.63, 3.8) is 0 Å². The minimum absolute atomic E-state index is 0.291. The van der Waals surface area contributed by atoms with Crippen LogP contribution in [0.3, 0.4) is 0 Å². The third-order valence-electron chi connectivity index (χ3n) is 2.78. The molecule has 4 heteroatoms. The Morgan fingerprint density at radius 1 is 1.27 bits per heavy atom. The van der Waals surface area contributed by atoms with Crippen molar-refractivity contribution in [1.82, 2.24) is 5.32 Å². The van der Waals surface area contributed by atoms with Crippen LogP contribution in [-0.4, -0.2) is 25.8 Å². The summed E-state index contributed by atoms with van der Waals surface area (Å²) in [5.74, 6) is -1.08. The quantitative estimate of drug-likeness (QED) is 0.821. The van der Waals surface area contributed by atoms with E-state index in [0.29, 0.717) is 12.0 Å². The van der Waals surface area contributed by atoms with E-state index in [9.17, 15) is 8.78 Å². The van der Waals surface area contributed by atoms with Gasteiger partial charge in [-0.05, 0) is 17.7 Å². The molecule has 0 atom stereocenters. The smallest absolute Gasteiger partial charge is 0.126 e. The van der Waals surface area contributed by atoms with Gasteiger partial charge >= 0.3 is 0 Å². The van der Waals surface area contributed by atoms with Crippen molar-refractivity contribution in [3.05, 3.63) is 35.4 Å². The lowest BCUT2D eigenvalue weighted by Gasteiger charge is -2.41. The number of hydrogen-bond donors (Lipinski definition) is 1. The molecule has 1 heterocycles. The van der Waals surface area contributed by atoms with Gasteiger partial charge in [-0.2, -0.15) is 0 Å². The van der Waals surface area contributed by atoms with E-state index < -0.39 is 11.6 Å². The van der Waals surface area contributed by atoms with E-state index in [2.05, 4.69) is 5.32 Å². The highest BCUT2D eigenvalue weighted by atomic mass is 19.1. The molecule has 0 amide bonds. The highest BCUT2D eigenvalue weighted by Crippen LogP contribution is 2.22. The predicted molar refractivity (Wildman–Crippen MR) is 52.7 cm³/mol. The Balaban J connectivity index is 2.16. The molecule has 0 spiro atoms. The largest absolute Gasteiger partial charge is 0.375 e. The highest BCUT2D eigenvalue weighted by molar-refractivity contribution is 5.21. The van der Waals surface area contributed by atoms with Crippen molar-refractivity contribution in [3.8, 4) is 0 Å². The Kier molecular flexibility index (Phi) is 2.71. The van der Waals surface area contributed by atoms with Gasteiger partial charge in [-0.15, -0.1) is 0 Å². The van der Waals surface area contributed by atoms with Gasteiger partial charge in [0.05, 0.1) is 5.60 Å². The number of methoxy groups -OCH3 is 1. The number of nitrogens with one attached hydrogen (secondary N) is 1. The Morgan fingerprint density at radius 2 is 1.87 bits per heavy atom. The zero-order valence-corrected chi connectivity index (χ0v) is 8.52. The zero-order valence-electron chi connectivity index (χ0n) is 8.52. The summed E-state index contributed by atoms with van der Waals surface area (Å²) in [6, 6.07) is 3.58. The topological polar surface area (TPSA) is 21.3 Å². The standard InChI is InChI=1S/C11H13F2NO/c1-15-11(6-14-7-11)5-8-2-9(12)4-10(13)3-8/h2-4,14H,5-7H2,1H3. The van der Waals surface area contributed by atoms with Gasteiger partial charge in [0.2, 0.25) is 0 Å². The lowest BCUT2D eigenvalue weighted by molar-refractivity contribution is -0.0502. The molecule has 0 aliphatic carbocycles. The summed E-state index contributed by atoms with van der Waals surface area (Å²) < 4.78 is 31.2. The van der Waals surface area contributed by atoms with Crippen LogP contribution in [-0.2, 0) is 11.2 Å². The fraction of sp³-hybridized carbons (Fsp3) is 0.455. The average Bonchev–Trinajstić information content (AvgIpc) is 2.10. The third kappa shape index (κ3) is 2.16. The molecule has 15 heavy (non-hydrogen) atoms. The Hall–Kier alpha value is -1.00. The molecule has 2 nitrogen and oxygen atoms in total. The van der Waals surface area contributed by atoms with Crippen molar-refractivity contribution in [2.45, 2.75) is 12.0 Å². The maximum Gasteiger partial charge on any atom is 0.126 e. The van der Waals surface area contributed by atoms with Gasteiger partial charge in [-0.3, -0.25) is 0 Å². The molecule has 1 aromatic carbocycles. The zero-order chi connectivity index (χ0) is 10.9. The van der Waals surface area contributed by atoms with E-state index in [4.69, 9.17) is 4.74 Å². The summed E-state index contributed by atoms with van der Waals surface area (Å²) >= 11 is 0. The minimum atomic E-state index is -0.538. The summed E-state index contributed by atoms with van der Waals surface area (Å²) in [6.45, 7) is 1.45. The fourth-order valence-electron chi connectivity index (χ4n) is 1.83.